The van der Waals surface area contributed by atoms with Crippen molar-refractivity contribution in [2.75, 3.05) is 9.80 Å². The minimum atomic E-state index is -0.0998. The van der Waals surface area contributed by atoms with Crippen molar-refractivity contribution in [2.45, 2.75) is 143 Å². The van der Waals surface area contributed by atoms with Crippen LogP contribution in [0.3, 0.4) is 0 Å². The van der Waals surface area contributed by atoms with Gasteiger partial charge in [0.1, 0.15) is 0 Å². The molecule has 0 saturated carbocycles. The molecule has 2 aliphatic heterocycles. The molecule has 60 heavy (non-hydrogen) atoms. The number of nitrogens with zero attached hydrogens (tertiary/aromatic N) is 2. The van der Waals surface area contributed by atoms with Crippen LogP contribution in [-0.4, -0.2) is 0 Å². The third-order valence-electron chi connectivity index (χ3n) is 15.2. The summed E-state index contributed by atoms with van der Waals surface area (Å²) in [6, 6.07) is 41.2. The lowest BCUT2D eigenvalue weighted by atomic mass is 9.61. The highest BCUT2D eigenvalue weighted by molar-refractivity contribution is 6.01. The van der Waals surface area contributed by atoms with Gasteiger partial charge < -0.3 is 9.80 Å². The van der Waals surface area contributed by atoms with Crippen molar-refractivity contribution in [3.05, 3.63) is 164 Å². The minimum Gasteiger partial charge on any atom is -0.310 e. The summed E-state index contributed by atoms with van der Waals surface area (Å²) in [5.41, 5.74) is 25.9. The molecule has 2 heteroatoms. The van der Waals surface area contributed by atoms with Crippen molar-refractivity contribution in [3.8, 4) is 11.1 Å². The molecule has 6 aromatic carbocycles. The van der Waals surface area contributed by atoms with Crippen LogP contribution in [0.25, 0.3) is 11.1 Å². The molecule has 6 aromatic rings. The molecule has 2 nitrogen and oxygen atoms in total. The summed E-state index contributed by atoms with van der Waals surface area (Å²) in [4.78, 5) is 5.33. The van der Waals surface area contributed by atoms with Crippen molar-refractivity contribution in [2.24, 2.45) is 0 Å². The van der Waals surface area contributed by atoms with Crippen LogP contribution in [-0.2, 0) is 27.1 Å². The Bertz CT molecular complexity index is 2790. The molecule has 10 rings (SSSR count). The van der Waals surface area contributed by atoms with Crippen LogP contribution in [0.4, 0.5) is 34.1 Å². The smallest absolute Gasteiger partial charge is 0.0543 e. The highest BCUT2D eigenvalue weighted by Crippen LogP contribution is 2.64. The van der Waals surface area contributed by atoms with Gasteiger partial charge in [-0.3, -0.25) is 0 Å². The Morgan fingerprint density at radius 3 is 1.67 bits per heavy atom. The Kier molecular flexibility index (Phi) is 8.14. The van der Waals surface area contributed by atoms with E-state index in [0.29, 0.717) is 0 Å². The van der Waals surface area contributed by atoms with Gasteiger partial charge in [0.05, 0.1) is 28.4 Å². The summed E-state index contributed by atoms with van der Waals surface area (Å²) in [6.45, 7) is 33.4. The van der Waals surface area contributed by atoms with Crippen molar-refractivity contribution in [1.82, 2.24) is 0 Å². The molecule has 0 fully saturated rings. The Balaban J connectivity index is 1.34. The van der Waals surface area contributed by atoms with Crippen LogP contribution in [0.15, 0.2) is 103 Å². The molecule has 2 heterocycles. The van der Waals surface area contributed by atoms with Gasteiger partial charge in [-0.05, 0) is 146 Å². The van der Waals surface area contributed by atoms with Gasteiger partial charge in [-0.15, -0.1) is 0 Å². The molecular formula is C58H64N2. The molecule has 1 unspecified atom stereocenters. The van der Waals surface area contributed by atoms with Crippen LogP contribution in [0.2, 0.25) is 0 Å². The van der Waals surface area contributed by atoms with Crippen molar-refractivity contribution in [1.29, 1.82) is 0 Å². The molecular weight excluding hydrogens is 725 g/mol. The zero-order valence-corrected chi connectivity index (χ0v) is 38.7. The lowest BCUT2D eigenvalue weighted by molar-refractivity contribution is 0.331. The Labute approximate surface area is 360 Å². The third-order valence-corrected chi connectivity index (χ3v) is 15.2. The number of aryl methyl sites for hydroxylation is 2. The maximum absolute atomic E-state index is 2.68. The molecule has 0 radical (unpaired) electrons. The quantitative estimate of drug-likeness (QED) is 0.172. The Hall–Kier alpha value is -5.08. The summed E-state index contributed by atoms with van der Waals surface area (Å²) >= 11 is 0. The maximum Gasteiger partial charge on any atom is 0.0543 e. The summed E-state index contributed by atoms with van der Waals surface area (Å²) in [6.07, 6.45) is 2.37. The van der Waals surface area contributed by atoms with Crippen LogP contribution >= 0.6 is 0 Å². The predicted molar refractivity (Wildman–Crippen MR) is 256 cm³/mol. The first-order valence-electron chi connectivity index (χ1n) is 22.5. The highest BCUT2D eigenvalue weighted by Gasteiger charge is 2.46. The van der Waals surface area contributed by atoms with E-state index < -0.39 is 0 Å². The molecule has 1 atom stereocenters. The number of rotatable bonds is 2. The second kappa shape index (κ2) is 12.5. The average Bonchev–Trinajstić information content (AvgIpc) is 3.41. The van der Waals surface area contributed by atoms with Crippen molar-refractivity contribution in [3.63, 3.8) is 0 Å². The molecule has 4 aliphatic rings. The van der Waals surface area contributed by atoms with Gasteiger partial charge in [0.25, 0.3) is 0 Å². The third kappa shape index (κ3) is 5.51. The minimum absolute atomic E-state index is 0.00941. The van der Waals surface area contributed by atoms with E-state index in [-0.39, 0.29) is 33.0 Å². The summed E-state index contributed by atoms with van der Waals surface area (Å²) in [5.74, 6) is 0.0659. The van der Waals surface area contributed by atoms with E-state index in [1.807, 2.05) is 0 Å². The van der Waals surface area contributed by atoms with E-state index in [1.54, 1.807) is 0 Å². The van der Waals surface area contributed by atoms with E-state index in [1.165, 1.54) is 119 Å². The molecule has 0 saturated heterocycles. The predicted octanol–water partition coefficient (Wildman–Crippen LogP) is 16.3. The molecule has 0 amide bonds. The largest absolute Gasteiger partial charge is 0.310 e. The molecule has 0 bridgehead atoms. The first kappa shape index (κ1) is 39.1. The lowest BCUT2D eigenvalue weighted by Crippen LogP contribution is -2.36. The Morgan fingerprint density at radius 1 is 0.483 bits per heavy atom. The van der Waals surface area contributed by atoms with E-state index in [9.17, 15) is 0 Å². The summed E-state index contributed by atoms with van der Waals surface area (Å²) in [5, 5.41) is 0. The first-order valence-corrected chi connectivity index (χ1v) is 22.5. The van der Waals surface area contributed by atoms with E-state index in [0.717, 1.165) is 0 Å². The SMILES string of the molecule is Cc1cc2c3c(c1)N(c1cccc4c1-c1ccccc1C4(C)C)c1ccc(C(C)(C)C)cc1C3c1cc3c(cc1N2c1ccc(C(C)(C)C)cc1C)C(C)(C)CCC3(C)C. The fraction of sp³-hybridized carbons (Fsp3) is 0.379. The van der Waals surface area contributed by atoms with Crippen LogP contribution in [0.5, 0.6) is 0 Å². The summed E-state index contributed by atoms with van der Waals surface area (Å²) in [7, 11) is 0. The molecule has 0 aromatic heterocycles. The number of hydrogen-bond acceptors (Lipinski definition) is 2. The maximum atomic E-state index is 2.68. The number of fused-ring (bicyclic) bond motifs is 8. The highest BCUT2D eigenvalue weighted by atomic mass is 15.2. The zero-order chi connectivity index (χ0) is 42.6. The standard InChI is InChI=1S/C58H64N2/c1-34-28-49-53-50(29-34)60(47-21-17-20-42-52(47)38-18-15-16-19-41(38)58(42,13)14)46-25-23-37(55(6,7)8)31-39(46)51(53)40-32-43-44(57(11,12)27-26-56(43,9)10)33-48(40)59(49)45-24-22-36(30-35(45)2)54(3,4)5/h15-25,28-33,51H,26-27H2,1-14H3. The van der Waals surface area contributed by atoms with Crippen LogP contribution < -0.4 is 9.80 Å². The monoisotopic (exact) mass is 789 g/mol. The molecule has 0 spiro atoms. The summed E-state index contributed by atoms with van der Waals surface area (Å²) < 4.78 is 0. The fourth-order valence-electron chi connectivity index (χ4n) is 11.5. The van der Waals surface area contributed by atoms with Gasteiger partial charge in [0.15, 0.2) is 0 Å². The van der Waals surface area contributed by atoms with Gasteiger partial charge in [-0.1, -0.05) is 150 Å². The molecule has 2 aliphatic carbocycles. The van der Waals surface area contributed by atoms with Gasteiger partial charge in [-0.25, -0.2) is 0 Å². The van der Waals surface area contributed by atoms with Crippen molar-refractivity contribution < 1.29 is 0 Å². The second-order valence-electron chi connectivity index (χ2n) is 22.7. The lowest BCUT2D eigenvalue weighted by Gasteiger charge is -2.48. The second-order valence-corrected chi connectivity index (χ2v) is 22.7. The van der Waals surface area contributed by atoms with Crippen molar-refractivity contribution >= 4 is 34.1 Å². The average molecular weight is 789 g/mol. The van der Waals surface area contributed by atoms with Gasteiger partial charge >= 0.3 is 0 Å². The van der Waals surface area contributed by atoms with Gasteiger partial charge in [0, 0.05) is 28.1 Å². The zero-order valence-electron chi connectivity index (χ0n) is 38.7. The van der Waals surface area contributed by atoms with Crippen LogP contribution in [0.1, 0.15) is 163 Å². The number of anilines is 6. The van der Waals surface area contributed by atoms with Crippen LogP contribution in [0, 0.1) is 13.8 Å². The van der Waals surface area contributed by atoms with Gasteiger partial charge in [-0.2, -0.15) is 0 Å². The van der Waals surface area contributed by atoms with E-state index in [4.69, 9.17) is 0 Å². The van der Waals surface area contributed by atoms with E-state index in [2.05, 4.69) is 210 Å². The first-order chi connectivity index (χ1) is 28.1. The van der Waals surface area contributed by atoms with Gasteiger partial charge in [0.2, 0.25) is 0 Å². The molecule has 0 N–H and O–H groups in total. The number of benzene rings is 6. The van der Waals surface area contributed by atoms with E-state index >= 15 is 0 Å². The Morgan fingerprint density at radius 2 is 1.03 bits per heavy atom. The molecule has 306 valence electrons. The number of hydrogen-bond donors (Lipinski definition) is 0. The topological polar surface area (TPSA) is 6.48 Å². The normalized spacial score (nSPS) is 18.9. The fourth-order valence-corrected chi connectivity index (χ4v) is 11.5.